The molecule has 2 aromatic rings. The van der Waals surface area contributed by atoms with Gasteiger partial charge < -0.3 is 5.32 Å². The molecule has 0 saturated heterocycles. The highest BCUT2D eigenvalue weighted by Crippen LogP contribution is 2.25. The van der Waals surface area contributed by atoms with Crippen molar-refractivity contribution in [3.05, 3.63) is 50.6 Å². The van der Waals surface area contributed by atoms with Crippen molar-refractivity contribution >= 4 is 33.0 Å². The first-order valence-electron chi connectivity index (χ1n) is 6.01. The van der Waals surface area contributed by atoms with Crippen LogP contribution in [0, 0.1) is 11.3 Å². The number of anilines is 1. The largest absolute Gasteiger partial charge is 0.380 e. The lowest BCUT2D eigenvalue weighted by atomic mass is 9.86. The first-order chi connectivity index (χ1) is 9.01. The van der Waals surface area contributed by atoms with Gasteiger partial charge in [-0.1, -0.05) is 12.1 Å². The summed E-state index contributed by atoms with van der Waals surface area (Å²) in [5.74, 6) is 0. The Morgan fingerprint density at radius 2 is 1.89 bits per heavy atom. The van der Waals surface area contributed by atoms with Gasteiger partial charge in [-0.3, -0.25) is 0 Å². The van der Waals surface area contributed by atoms with Gasteiger partial charge in [0.2, 0.25) is 0 Å². The summed E-state index contributed by atoms with van der Waals surface area (Å²) in [6.07, 6.45) is 0. The van der Waals surface area contributed by atoms with Crippen molar-refractivity contribution in [2.24, 2.45) is 0 Å². The summed E-state index contributed by atoms with van der Waals surface area (Å²) >= 11 is 5.19. The Balaban J connectivity index is 2.02. The molecule has 0 aliphatic rings. The quantitative estimate of drug-likeness (QED) is 0.860. The maximum atomic E-state index is 9.10. The van der Waals surface area contributed by atoms with Gasteiger partial charge in [-0.2, -0.15) is 5.26 Å². The standard InChI is InChI=1S/C15H15BrN2S/c1-15(2,10-17)11-3-5-12(6-4-11)18-9-13-7-8-14(16)19-13/h3-8,18H,9H2,1-2H3. The molecule has 2 nitrogen and oxygen atoms in total. The van der Waals surface area contributed by atoms with Crippen molar-refractivity contribution < 1.29 is 0 Å². The van der Waals surface area contributed by atoms with Crippen LogP contribution in [0.25, 0.3) is 0 Å². The van der Waals surface area contributed by atoms with Crippen molar-refractivity contribution in [2.45, 2.75) is 25.8 Å². The van der Waals surface area contributed by atoms with E-state index in [0.717, 1.165) is 21.6 Å². The molecule has 0 bridgehead atoms. The summed E-state index contributed by atoms with van der Waals surface area (Å²) in [4.78, 5) is 1.29. The van der Waals surface area contributed by atoms with Gasteiger partial charge in [0.05, 0.1) is 15.3 Å². The van der Waals surface area contributed by atoms with Gasteiger partial charge in [0.1, 0.15) is 0 Å². The monoisotopic (exact) mass is 334 g/mol. The van der Waals surface area contributed by atoms with E-state index in [1.54, 1.807) is 11.3 Å². The van der Waals surface area contributed by atoms with Crippen LogP contribution in [-0.2, 0) is 12.0 Å². The van der Waals surface area contributed by atoms with Gasteiger partial charge in [0.25, 0.3) is 0 Å². The zero-order valence-electron chi connectivity index (χ0n) is 10.9. The van der Waals surface area contributed by atoms with E-state index in [9.17, 15) is 0 Å². The highest BCUT2D eigenvalue weighted by Gasteiger charge is 2.18. The van der Waals surface area contributed by atoms with E-state index in [-0.39, 0.29) is 0 Å². The molecule has 4 heteroatoms. The average molecular weight is 335 g/mol. The van der Waals surface area contributed by atoms with E-state index >= 15 is 0 Å². The summed E-state index contributed by atoms with van der Waals surface area (Å²) in [6.45, 7) is 4.68. The Bertz CT molecular complexity index is 593. The van der Waals surface area contributed by atoms with E-state index in [0.29, 0.717) is 0 Å². The predicted octanol–water partition coefficient (Wildman–Crippen LogP) is 4.92. The molecule has 1 heterocycles. The fraction of sp³-hybridized carbons (Fsp3) is 0.267. The number of hydrogen-bond acceptors (Lipinski definition) is 3. The molecule has 0 aliphatic heterocycles. The normalized spacial score (nSPS) is 11.1. The zero-order chi connectivity index (χ0) is 13.9. The van der Waals surface area contributed by atoms with Gasteiger partial charge in [0, 0.05) is 17.1 Å². The highest BCUT2D eigenvalue weighted by molar-refractivity contribution is 9.11. The molecule has 0 spiro atoms. The zero-order valence-corrected chi connectivity index (χ0v) is 13.3. The molecule has 0 saturated carbocycles. The second kappa shape index (κ2) is 5.77. The van der Waals surface area contributed by atoms with Gasteiger partial charge in [-0.15, -0.1) is 11.3 Å². The number of nitrogens with one attached hydrogen (secondary N) is 1. The maximum absolute atomic E-state index is 9.10. The SMILES string of the molecule is CC(C)(C#N)c1ccc(NCc2ccc(Br)s2)cc1. The van der Waals surface area contributed by atoms with Crippen LogP contribution >= 0.6 is 27.3 Å². The topological polar surface area (TPSA) is 35.8 Å². The molecule has 1 aromatic carbocycles. The third-order valence-electron chi connectivity index (χ3n) is 2.98. The number of benzene rings is 1. The average Bonchev–Trinajstić information content (AvgIpc) is 2.83. The number of rotatable bonds is 4. The van der Waals surface area contributed by atoms with Crippen LogP contribution in [-0.4, -0.2) is 0 Å². The Hall–Kier alpha value is -1.31. The molecule has 0 amide bonds. The van der Waals surface area contributed by atoms with E-state index in [4.69, 9.17) is 5.26 Å². The molecule has 0 aliphatic carbocycles. The van der Waals surface area contributed by atoms with E-state index < -0.39 is 5.41 Å². The van der Waals surface area contributed by atoms with Gasteiger partial charge >= 0.3 is 0 Å². The molecule has 19 heavy (non-hydrogen) atoms. The molecule has 2 rings (SSSR count). The van der Waals surface area contributed by atoms with Crippen LogP contribution in [0.5, 0.6) is 0 Å². The number of halogens is 1. The lowest BCUT2D eigenvalue weighted by Crippen LogP contribution is -2.13. The van der Waals surface area contributed by atoms with Crippen LogP contribution in [0.4, 0.5) is 5.69 Å². The summed E-state index contributed by atoms with van der Waals surface area (Å²) in [7, 11) is 0. The smallest absolute Gasteiger partial charge is 0.0766 e. The van der Waals surface area contributed by atoms with Gasteiger partial charge in [-0.25, -0.2) is 0 Å². The minimum atomic E-state index is -0.433. The Morgan fingerprint density at radius 1 is 1.21 bits per heavy atom. The fourth-order valence-corrected chi connectivity index (χ4v) is 3.13. The fourth-order valence-electron chi connectivity index (χ4n) is 1.71. The van der Waals surface area contributed by atoms with Crippen molar-refractivity contribution in [3.8, 4) is 6.07 Å². The second-order valence-corrected chi connectivity index (χ2v) is 7.42. The highest BCUT2D eigenvalue weighted by atomic mass is 79.9. The predicted molar refractivity (Wildman–Crippen MR) is 84.4 cm³/mol. The van der Waals surface area contributed by atoms with Crippen LogP contribution < -0.4 is 5.32 Å². The number of nitrogens with zero attached hydrogens (tertiary/aromatic N) is 1. The minimum absolute atomic E-state index is 0.433. The molecule has 98 valence electrons. The third kappa shape index (κ3) is 3.59. The van der Waals surface area contributed by atoms with Crippen molar-refractivity contribution in [3.63, 3.8) is 0 Å². The molecule has 0 fully saturated rings. The van der Waals surface area contributed by atoms with E-state index in [1.807, 2.05) is 38.1 Å². The van der Waals surface area contributed by atoms with Gasteiger partial charge in [-0.05, 0) is 59.6 Å². The van der Waals surface area contributed by atoms with E-state index in [2.05, 4.69) is 39.4 Å². The number of hydrogen-bond donors (Lipinski definition) is 1. The minimum Gasteiger partial charge on any atom is -0.380 e. The summed E-state index contributed by atoms with van der Waals surface area (Å²) in [5, 5.41) is 12.5. The van der Waals surface area contributed by atoms with Gasteiger partial charge in [0.15, 0.2) is 0 Å². The molecule has 0 unspecified atom stereocenters. The van der Waals surface area contributed by atoms with Crippen molar-refractivity contribution in [1.82, 2.24) is 0 Å². The van der Waals surface area contributed by atoms with Crippen LogP contribution in [0.1, 0.15) is 24.3 Å². The molecule has 1 N–H and O–H groups in total. The second-order valence-electron chi connectivity index (χ2n) is 4.87. The summed E-state index contributed by atoms with van der Waals surface area (Å²) in [6, 6.07) is 14.5. The first kappa shape index (κ1) is 14.1. The first-order valence-corrected chi connectivity index (χ1v) is 7.62. The summed E-state index contributed by atoms with van der Waals surface area (Å²) in [5.41, 5.74) is 1.68. The summed E-state index contributed by atoms with van der Waals surface area (Å²) < 4.78 is 1.15. The lowest BCUT2D eigenvalue weighted by Gasteiger charge is -2.16. The third-order valence-corrected chi connectivity index (χ3v) is 4.61. The molecule has 0 atom stereocenters. The maximum Gasteiger partial charge on any atom is 0.0766 e. The molecule has 1 aromatic heterocycles. The van der Waals surface area contributed by atoms with E-state index in [1.165, 1.54) is 4.88 Å². The lowest BCUT2D eigenvalue weighted by molar-refractivity contribution is 0.687. The van der Waals surface area contributed by atoms with Crippen LogP contribution in [0.15, 0.2) is 40.2 Å². The number of thiophene rings is 1. The van der Waals surface area contributed by atoms with Crippen LogP contribution in [0.2, 0.25) is 0 Å². The molecular weight excluding hydrogens is 320 g/mol. The van der Waals surface area contributed by atoms with Crippen LogP contribution in [0.3, 0.4) is 0 Å². The molecular formula is C15H15BrN2S. The Morgan fingerprint density at radius 3 is 2.42 bits per heavy atom. The number of nitriles is 1. The van der Waals surface area contributed by atoms with Crippen molar-refractivity contribution in [1.29, 1.82) is 5.26 Å². The Kier molecular flexibility index (Phi) is 4.28. The van der Waals surface area contributed by atoms with Crippen molar-refractivity contribution in [2.75, 3.05) is 5.32 Å². The molecule has 0 radical (unpaired) electrons. The Labute approximate surface area is 126 Å².